The maximum absolute atomic E-state index is 13.3. The number of aliphatic hydroxyl groups excluding tert-OH is 1. The predicted octanol–water partition coefficient (Wildman–Crippen LogP) is 3.12. The average molecular weight is 289 g/mol. The number of benzene rings is 1. The van der Waals surface area contributed by atoms with Crippen molar-refractivity contribution in [2.45, 2.75) is 38.5 Å². The van der Waals surface area contributed by atoms with Gasteiger partial charge in [0.2, 0.25) is 0 Å². The molecule has 1 aromatic carbocycles. The van der Waals surface area contributed by atoms with Crippen molar-refractivity contribution in [3.63, 3.8) is 0 Å². The van der Waals surface area contributed by atoms with E-state index in [4.69, 9.17) is 9.52 Å². The van der Waals surface area contributed by atoms with E-state index in [1.807, 2.05) is 18.2 Å². The Morgan fingerprint density at radius 3 is 2.86 bits per heavy atom. The van der Waals surface area contributed by atoms with Crippen LogP contribution in [-0.4, -0.2) is 22.6 Å². The molecule has 2 aromatic rings. The Balaban J connectivity index is 1.65. The summed E-state index contributed by atoms with van der Waals surface area (Å²) in [5.74, 6) is 1.31. The lowest BCUT2D eigenvalue weighted by Crippen LogP contribution is -2.30. The molecule has 2 heterocycles. The van der Waals surface area contributed by atoms with Crippen molar-refractivity contribution in [2.75, 3.05) is 6.54 Å². The van der Waals surface area contributed by atoms with Crippen LogP contribution >= 0.6 is 0 Å². The molecular weight excluding hydrogens is 269 g/mol. The third-order valence-corrected chi connectivity index (χ3v) is 4.09. The molecule has 0 saturated carbocycles. The first-order chi connectivity index (χ1) is 10.2. The standard InChI is InChI=1S/C17H20FNO2/c18-14-4-1-3-13(9-14)10-15-5-2-8-19(15)11-16-6-7-17(12-20)21-16/h1,3-4,6-7,9,15,20H,2,5,8,10-12H2/t15-/m0/s1. The molecule has 4 heteroatoms. The summed E-state index contributed by atoms with van der Waals surface area (Å²) in [7, 11) is 0. The van der Waals surface area contributed by atoms with Crippen LogP contribution in [0.15, 0.2) is 40.8 Å². The molecular formula is C17H20FNO2. The smallest absolute Gasteiger partial charge is 0.129 e. The Morgan fingerprint density at radius 1 is 1.24 bits per heavy atom. The summed E-state index contributed by atoms with van der Waals surface area (Å²) in [4.78, 5) is 2.38. The van der Waals surface area contributed by atoms with Crippen LogP contribution in [0.25, 0.3) is 0 Å². The lowest BCUT2D eigenvalue weighted by molar-refractivity contribution is 0.208. The summed E-state index contributed by atoms with van der Waals surface area (Å²) in [6, 6.07) is 11.0. The predicted molar refractivity (Wildman–Crippen MR) is 78.2 cm³/mol. The van der Waals surface area contributed by atoms with Gasteiger partial charge in [-0.25, -0.2) is 4.39 Å². The van der Waals surface area contributed by atoms with Crippen LogP contribution in [0.5, 0.6) is 0 Å². The Hall–Kier alpha value is -1.65. The highest BCUT2D eigenvalue weighted by molar-refractivity contribution is 5.18. The van der Waals surface area contributed by atoms with Crippen molar-refractivity contribution in [3.8, 4) is 0 Å². The molecule has 21 heavy (non-hydrogen) atoms. The van der Waals surface area contributed by atoms with Crippen molar-refractivity contribution in [1.82, 2.24) is 4.90 Å². The first kappa shape index (κ1) is 14.3. The van der Waals surface area contributed by atoms with Gasteiger partial charge < -0.3 is 9.52 Å². The molecule has 0 bridgehead atoms. The van der Waals surface area contributed by atoms with E-state index in [-0.39, 0.29) is 12.4 Å². The van der Waals surface area contributed by atoms with Gasteiger partial charge in [0.25, 0.3) is 0 Å². The summed E-state index contributed by atoms with van der Waals surface area (Å²) >= 11 is 0. The van der Waals surface area contributed by atoms with E-state index in [1.165, 1.54) is 6.07 Å². The zero-order valence-corrected chi connectivity index (χ0v) is 12.0. The number of likely N-dealkylation sites (tertiary alicyclic amines) is 1. The highest BCUT2D eigenvalue weighted by atomic mass is 19.1. The van der Waals surface area contributed by atoms with Crippen LogP contribution in [0.3, 0.4) is 0 Å². The van der Waals surface area contributed by atoms with Crippen LogP contribution in [0.4, 0.5) is 4.39 Å². The molecule has 0 spiro atoms. The molecule has 1 fully saturated rings. The second-order valence-corrected chi connectivity index (χ2v) is 5.63. The van der Waals surface area contributed by atoms with E-state index < -0.39 is 0 Å². The molecule has 3 rings (SSSR count). The fourth-order valence-electron chi connectivity index (χ4n) is 3.06. The molecule has 3 nitrogen and oxygen atoms in total. The van der Waals surface area contributed by atoms with Crippen molar-refractivity contribution >= 4 is 0 Å². The Labute approximate surface area is 124 Å². The van der Waals surface area contributed by atoms with E-state index >= 15 is 0 Å². The normalized spacial score (nSPS) is 19.2. The van der Waals surface area contributed by atoms with Crippen molar-refractivity contribution in [3.05, 3.63) is 59.3 Å². The topological polar surface area (TPSA) is 36.6 Å². The number of halogens is 1. The van der Waals surface area contributed by atoms with Gasteiger partial charge in [0.1, 0.15) is 23.9 Å². The van der Waals surface area contributed by atoms with Gasteiger partial charge >= 0.3 is 0 Å². The fourth-order valence-corrected chi connectivity index (χ4v) is 3.06. The molecule has 1 atom stereocenters. The minimum Gasteiger partial charge on any atom is -0.462 e. The molecule has 1 aliphatic heterocycles. The zero-order valence-electron chi connectivity index (χ0n) is 12.0. The minimum absolute atomic E-state index is 0.0628. The molecule has 0 radical (unpaired) electrons. The SMILES string of the molecule is OCc1ccc(CN2CCC[C@H]2Cc2cccc(F)c2)o1. The van der Waals surface area contributed by atoms with Gasteiger partial charge in [-0.15, -0.1) is 0 Å². The van der Waals surface area contributed by atoms with E-state index in [1.54, 1.807) is 12.1 Å². The molecule has 0 unspecified atom stereocenters. The monoisotopic (exact) mass is 289 g/mol. The Morgan fingerprint density at radius 2 is 2.10 bits per heavy atom. The number of nitrogens with zero attached hydrogens (tertiary/aromatic N) is 1. The second kappa shape index (κ2) is 6.41. The molecule has 1 aromatic heterocycles. The average Bonchev–Trinajstić information content (AvgIpc) is 3.09. The molecule has 1 N–H and O–H groups in total. The molecule has 1 saturated heterocycles. The maximum atomic E-state index is 13.3. The van der Waals surface area contributed by atoms with Crippen molar-refractivity contribution in [1.29, 1.82) is 0 Å². The molecule has 112 valence electrons. The molecule has 1 aliphatic rings. The van der Waals surface area contributed by atoms with E-state index in [2.05, 4.69) is 4.90 Å². The van der Waals surface area contributed by atoms with Crippen LogP contribution in [0, 0.1) is 5.82 Å². The van der Waals surface area contributed by atoms with Crippen molar-refractivity contribution < 1.29 is 13.9 Å². The largest absolute Gasteiger partial charge is 0.462 e. The van der Waals surface area contributed by atoms with Gasteiger partial charge in [0, 0.05) is 6.04 Å². The fraction of sp³-hybridized carbons (Fsp3) is 0.412. The van der Waals surface area contributed by atoms with E-state index in [0.717, 1.165) is 43.7 Å². The van der Waals surface area contributed by atoms with Crippen LogP contribution < -0.4 is 0 Å². The third kappa shape index (κ3) is 3.52. The number of furan rings is 1. The molecule has 0 aliphatic carbocycles. The lowest BCUT2D eigenvalue weighted by Gasteiger charge is -2.23. The van der Waals surface area contributed by atoms with Gasteiger partial charge in [0.15, 0.2) is 0 Å². The maximum Gasteiger partial charge on any atom is 0.129 e. The molecule has 0 amide bonds. The second-order valence-electron chi connectivity index (χ2n) is 5.63. The minimum atomic E-state index is -0.171. The summed E-state index contributed by atoms with van der Waals surface area (Å²) in [6.07, 6.45) is 3.16. The van der Waals surface area contributed by atoms with Gasteiger partial charge in [-0.2, -0.15) is 0 Å². The van der Waals surface area contributed by atoms with Crippen molar-refractivity contribution in [2.24, 2.45) is 0 Å². The number of aliphatic hydroxyl groups is 1. The van der Waals surface area contributed by atoms with Crippen LogP contribution in [0.1, 0.15) is 29.9 Å². The van der Waals surface area contributed by atoms with Gasteiger partial charge in [-0.1, -0.05) is 12.1 Å². The summed E-state index contributed by atoms with van der Waals surface area (Å²) in [6.45, 7) is 1.72. The van der Waals surface area contributed by atoms with E-state index in [0.29, 0.717) is 11.8 Å². The van der Waals surface area contributed by atoms with Gasteiger partial charge in [-0.3, -0.25) is 4.90 Å². The van der Waals surface area contributed by atoms with Crippen LogP contribution in [0.2, 0.25) is 0 Å². The Kier molecular flexibility index (Phi) is 4.36. The first-order valence-electron chi connectivity index (χ1n) is 7.41. The highest BCUT2D eigenvalue weighted by Crippen LogP contribution is 2.24. The highest BCUT2D eigenvalue weighted by Gasteiger charge is 2.25. The zero-order chi connectivity index (χ0) is 14.7. The van der Waals surface area contributed by atoms with Crippen LogP contribution in [-0.2, 0) is 19.6 Å². The Bertz CT molecular complexity index is 596. The lowest BCUT2D eigenvalue weighted by atomic mass is 10.0. The number of rotatable bonds is 5. The first-order valence-corrected chi connectivity index (χ1v) is 7.41. The van der Waals surface area contributed by atoms with E-state index in [9.17, 15) is 4.39 Å². The third-order valence-electron chi connectivity index (χ3n) is 4.09. The van der Waals surface area contributed by atoms with Gasteiger partial charge in [0.05, 0.1) is 6.54 Å². The number of hydrogen-bond acceptors (Lipinski definition) is 3. The number of hydrogen-bond donors (Lipinski definition) is 1. The van der Waals surface area contributed by atoms with Gasteiger partial charge in [-0.05, 0) is 55.6 Å². The summed E-state index contributed by atoms with van der Waals surface area (Å²) < 4.78 is 18.8. The summed E-state index contributed by atoms with van der Waals surface area (Å²) in [5, 5.41) is 9.04. The summed E-state index contributed by atoms with van der Waals surface area (Å²) in [5.41, 5.74) is 1.04. The quantitative estimate of drug-likeness (QED) is 0.919.